The Labute approximate surface area is 208 Å². The van der Waals surface area contributed by atoms with E-state index >= 15 is 0 Å². The Morgan fingerprint density at radius 1 is 1.09 bits per heavy atom. The van der Waals surface area contributed by atoms with Crippen LogP contribution in [0.15, 0.2) is 58.8 Å². The molecule has 1 aliphatic carbocycles. The fourth-order valence-electron chi connectivity index (χ4n) is 4.11. The van der Waals surface area contributed by atoms with Crippen LogP contribution in [0.2, 0.25) is 0 Å². The number of rotatable bonds is 11. The SMILES string of the molecule is O=C(O)Cc1csc(NC(=O)c2ccc(CNc3ccccc3SCCC3CCCC3)cc2)n1. The molecule has 178 valence electrons. The summed E-state index contributed by atoms with van der Waals surface area (Å²) in [5.41, 5.74) is 3.19. The molecule has 1 heterocycles. The normalized spacial score (nSPS) is 13.6. The predicted octanol–water partition coefficient (Wildman–Crippen LogP) is 6.31. The lowest BCUT2D eigenvalue weighted by Crippen LogP contribution is -2.12. The first-order valence-corrected chi connectivity index (χ1v) is 13.5. The molecule has 0 radical (unpaired) electrons. The number of thiazole rings is 1. The number of benzene rings is 2. The van der Waals surface area contributed by atoms with Gasteiger partial charge in [0, 0.05) is 28.1 Å². The molecule has 2 aromatic carbocycles. The number of thioether (sulfide) groups is 1. The Balaban J connectivity index is 1.28. The molecule has 1 saturated carbocycles. The van der Waals surface area contributed by atoms with Gasteiger partial charge in [-0.2, -0.15) is 0 Å². The number of para-hydroxylation sites is 1. The standard InChI is InChI=1S/C26H29N3O3S2/c30-24(31)15-21-17-34-26(28-21)29-25(32)20-11-9-19(10-12-20)16-27-22-7-3-4-8-23(22)33-14-13-18-5-1-2-6-18/h3-4,7-12,17-18,27H,1-2,5-6,13-16H2,(H,30,31)(H,28,29,32). The Hall–Kier alpha value is -2.84. The van der Waals surface area contributed by atoms with Crippen LogP contribution in [0.4, 0.5) is 10.8 Å². The summed E-state index contributed by atoms with van der Waals surface area (Å²) < 4.78 is 0. The summed E-state index contributed by atoms with van der Waals surface area (Å²) in [5.74, 6) is 0.854. The smallest absolute Gasteiger partial charge is 0.309 e. The summed E-state index contributed by atoms with van der Waals surface area (Å²) >= 11 is 3.15. The number of carboxylic acid groups (broad SMARTS) is 1. The molecule has 0 saturated heterocycles. The summed E-state index contributed by atoms with van der Waals surface area (Å²) in [7, 11) is 0. The van der Waals surface area contributed by atoms with Gasteiger partial charge in [-0.05, 0) is 47.9 Å². The third-order valence-electron chi connectivity index (χ3n) is 5.95. The first kappa shape index (κ1) is 24.3. The first-order valence-electron chi connectivity index (χ1n) is 11.6. The molecule has 1 aromatic heterocycles. The lowest BCUT2D eigenvalue weighted by Gasteiger charge is -2.13. The summed E-state index contributed by atoms with van der Waals surface area (Å²) in [6.07, 6.45) is 6.72. The number of hydrogen-bond donors (Lipinski definition) is 3. The minimum atomic E-state index is -0.947. The molecule has 0 bridgehead atoms. The van der Waals surface area contributed by atoms with Crippen molar-refractivity contribution in [2.24, 2.45) is 5.92 Å². The second kappa shape index (κ2) is 12.0. The molecule has 8 heteroatoms. The molecule has 0 aliphatic heterocycles. The van der Waals surface area contributed by atoms with Crippen molar-refractivity contribution in [1.29, 1.82) is 0 Å². The average Bonchev–Trinajstić information content (AvgIpc) is 3.50. The molecule has 3 aromatic rings. The van der Waals surface area contributed by atoms with E-state index in [0.29, 0.717) is 22.9 Å². The van der Waals surface area contributed by atoms with Gasteiger partial charge in [0.05, 0.1) is 12.1 Å². The maximum atomic E-state index is 12.5. The van der Waals surface area contributed by atoms with E-state index in [9.17, 15) is 9.59 Å². The van der Waals surface area contributed by atoms with E-state index in [1.54, 1.807) is 17.5 Å². The zero-order valence-electron chi connectivity index (χ0n) is 19.0. The third-order valence-corrected chi connectivity index (χ3v) is 7.86. The van der Waals surface area contributed by atoms with Gasteiger partial charge >= 0.3 is 5.97 Å². The summed E-state index contributed by atoms with van der Waals surface area (Å²) in [4.78, 5) is 28.7. The van der Waals surface area contributed by atoms with Crippen molar-refractivity contribution in [3.05, 3.63) is 70.7 Å². The molecular weight excluding hydrogens is 466 g/mol. The first-order chi connectivity index (χ1) is 16.6. The number of amides is 1. The number of nitrogens with zero attached hydrogens (tertiary/aromatic N) is 1. The minimum Gasteiger partial charge on any atom is -0.481 e. The number of carboxylic acids is 1. The van der Waals surface area contributed by atoms with Gasteiger partial charge in [-0.3, -0.25) is 14.9 Å². The molecule has 3 N–H and O–H groups in total. The highest BCUT2D eigenvalue weighted by molar-refractivity contribution is 7.99. The fourth-order valence-corrected chi connectivity index (χ4v) is 5.96. The maximum Gasteiger partial charge on any atom is 0.309 e. The summed E-state index contributed by atoms with van der Waals surface area (Å²) in [6, 6.07) is 15.9. The number of anilines is 2. The highest BCUT2D eigenvalue weighted by Gasteiger charge is 2.15. The van der Waals surface area contributed by atoms with E-state index in [0.717, 1.165) is 22.9 Å². The van der Waals surface area contributed by atoms with Crippen LogP contribution in [0.1, 0.15) is 53.7 Å². The van der Waals surface area contributed by atoms with Crippen LogP contribution in [0, 0.1) is 5.92 Å². The number of aromatic nitrogens is 1. The van der Waals surface area contributed by atoms with Crippen LogP contribution in [0.3, 0.4) is 0 Å². The number of aliphatic carboxylic acids is 1. The van der Waals surface area contributed by atoms with Gasteiger partial charge in [0.1, 0.15) is 0 Å². The van der Waals surface area contributed by atoms with Crippen molar-refractivity contribution >= 4 is 45.8 Å². The Morgan fingerprint density at radius 2 is 1.85 bits per heavy atom. The Kier molecular flexibility index (Phi) is 8.60. The quantitative estimate of drug-likeness (QED) is 0.270. The molecule has 0 spiro atoms. The van der Waals surface area contributed by atoms with Gasteiger partial charge in [0.25, 0.3) is 5.91 Å². The number of carbonyl (C=O) groups is 2. The van der Waals surface area contributed by atoms with Crippen LogP contribution < -0.4 is 10.6 Å². The number of hydrogen-bond acceptors (Lipinski definition) is 6. The third kappa shape index (κ3) is 7.08. The van der Waals surface area contributed by atoms with Crippen LogP contribution in [-0.4, -0.2) is 27.7 Å². The topological polar surface area (TPSA) is 91.3 Å². The van der Waals surface area contributed by atoms with E-state index in [1.807, 2.05) is 23.9 Å². The van der Waals surface area contributed by atoms with Gasteiger partial charge in [-0.25, -0.2) is 4.98 Å². The second-order valence-electron chi connectivity index (χ2n) is 8.50. The lowest BCUT2D eigenvalue weighted by molar-refractivity contribution is -0.136. The van der Waals surface area contributed by atoms with Crippen LogP contribution in [0.5, 0.6) is 0 Å². The minimum absolute atomic E-state index is 0.157. The molecular formula is C26H29N3O3S2. The van der Waals surface area contributed by atoms with E-state index in [2.05, 4.69) is 39.9 Å². The number of carbonyl (C=O) groups excluding carboxylic acids is 1. The molecule has 6 nitrogen and oxygen atoms in total. The van der Waals surface area contributed by atoms with Crippen molar-refractivity contribution in [2.75, 3.05) is 16.4 Å². The van der Waals surface area contributed by atoms with Gasteiger partial charge < -0.3 is 10.4 Å². The van der Waals surface area contributed by atoms with E-state index in [-0.39, 0.29) is 12.3 Å². The van der Waals surface area contributed by atoms with Gasteiger partial charge in [-0.1, -0.05) is 49.9 Å². The summed E-state index contributed by atoms with van der Waals surface area (Å²) in [6.45, 7) is 0.674. The molecule has 0 unspecified atom stereocenters. The van der Waals surface area contributed by atoms with Gasteiger partial charge in [0.2, 0.25) is 0 Å². The zero-order valence-corrected chi connectivity index (χ0v) is 20.6. The zero-order chi connectivity index (χ0) is 23.8. The van der Waals surface area contributed by atoms with Crippen LogP contribution in [0.25, 0.3) is 0 Å². The predicted molar refractivity (Wildman–Crippen MR) is 139 cm³/mol. The fraction of sp³-hybridized carbons (Fsp3) is 0.346. The molecule has 4 rings (SSSR count). The number of nitrogens with one attached hydrogen (secondary N) is 2. The molecule has 0 atom stereocenters. The van der Waals surface area contributed by atoms with E-state index < -0.39 is 5.97 Å². The Bertz CT molecular complexity index is 1110. The maximum absolute atomic E-state index is 12.5. The van der Waals surface area contributed by atoms with Crippen LogP contribution >= 0.6 is 23.1 Å². The van der Waals surface area contributed by atoms with Crippen molar-refractivity contribution < 1.29 is 14.7 Å². The van der Waals surface area contributed by atoms with Gasteiger partial charge in [-0.15, -0.1) is 23.1 Å². The van der Waals surface area contributed by atoms with Gasteiger partial charge in [0.15, 0.2) is 5.13 Å². The molecule has 1 aliphatic rings. The highest BCUT2D eigenvalue weighted by atomic mass is 32.2. The monoisotopic (exact) mass is 495 g/mol. The largest absolute Gasteiger partial charge is 0.481 e. The van der Waals surface area contributed by atoms with Crippen molar-refractivity contribution in [3.63, 3.8) is 0 Å². The Morgan fingerprint density at radius 3 is 2.62 bits per heavy atom. The van der Waals surface area contributed by atoms with Crippen molar-refractivity contribution in [2.45, 2.75) is 50.0 Å². The van der Waals surface area contributed by atoms with Crippen molar-refractivity contribution in [3.8, 4) is 0 Å². The summed E-state index contributed by atoms with van der Waals surface area (Å²) in [5, 5.41) is 17.2. The van der Waals surface area contributed by atoms with Crippen molar-refractivity contribution in [1.82, 2.24) is 4.98 Å². The van der Waals surface area contributed by atoms with Crippen LogP contribution in [-0.2, 0) is 17.8 Å². The van der Waals surface area contributed by atoms with E-state index in [4.69, 9.17) is 5.11 Å². The second-order valence-corrected chi connectivity index (χ2v) is 10.5. The molecule has 1 fully saturated rings. The molecule has 34 heavy (non-hydrogen) atoms. The molecule has 1 amide bonds. The highest BCUT2D eigenvalue weighted by Crippen LogP contribution is 2.33. The van der Waals surface area contributed by atoms with E-state index in [1.165, 1.54) is 48.3 Å². The average molecular weight is 496 g/mol. The lowest BCUT2D eigenvalue weighted by atomic mass is 10.1.